The number of carbonyl (C=O) groups excluding carboxylic acids is 1. The molecule has 3 aromatic rings. The van der Waals surface area contributed by atoms with Crippen LogP contribution in [-0.4, -0.2) is 31.8 Å². The number of ketones is 1. The van der Waals surface area contributed by atoms with Crippen molar-refractivity contribution in [2.75, 3.05) is 21.0 Å². The molecule has 4 rings (SSSR count). The van der Waals surface area contributed by atoms with Gasteiger partial charge in [0.1, 0.15) is 10.8 Å². The molecule has 142 valence electrons. The van der Waals surface area contributed by atoms with Crippen molar-refractivity contribution in [1.29, 1.82) is 0 Å². The van der Waals surface area contributed by atoms with E-state index in [0.717, 1.165) is 0 Å². The zero-order valence-corrected chi connectivity index (χ0v) is 16.0. The average Bonchev–Trinajstić information content (AvgIpc) is 3.18. The highest BCUT2D eigenvalue weighted by Crippen LogP contribution is 2.39. The molecule has 6 nitrogen and oxygen atoms in total. The molecule has 0 amide bonds. The average molecular weight is 398 g/mol. The number of halogens is 1. The van der Waals surface area contributed by atoms with Gasteiger partial charge >= 0.3 is 0 Å². The van der Waals surface area contributed by atoms with E-state index in [2.05, 4.69) is 11.6 Å². The van der Waals surface area contributed by atoms with Crippen LogP contribution in [0.25, 0.3) is 16.8 Å². The maximum Gasteiger partial charge on any atom is 0.231 e. The Balaban J connectivity index is 1.95. The van der Waals surface area contributed by atoms with Crippen LogP contribution in [0.3, 0.4) is 0 Å². The minimum absolute atomic E-state index is 0.110. The van der Waals surface area contributed by atoms with Crippen LogP contribution in [0.2, 0.25) is 5.15 Å². The Bertz CT molecular complexity index is 1130. The highest BCUT2D eigenvalue weighted by atomic mass is 35.5. The smallest absolute Gasteiger partial charge is 0.231 e. The molecule has 2 heterocycles. The number of rotatable bonds is 5. The monoisotopic (exact) mass is 397 g/mol. The molecular weight excluding hydrogens is 382 g/mol. The zero-order chi connectivity index (χ0) is 19.8. The summed E-state index contributed by atoms with van der Waals surface area (Å²) in [4.78, 5) is 17.7. The molecule has 0 unspecified atom stereocenters. The van der Waals surface area contributed by atoms with Crippen molar-refractivity contribution in [2.45, 2.75) is 0 Å². The number of ether oxygens (including phenoxy) is 4. The third-order valence-electron chi connectivity index (χ3n) is 4.55. The molecule has 1 aliphatic heterocycles. The fourth-order valence-corrected chi connectivity index (χ4v) is 3.44. The van der Waals surface area contributed by atoms with Crippen molar-refractivity contribution in [3.63, 3.8) is 0 Å². The number of methoxy groups -OCH3 is 2. The summed E-state index contributed by atoms with van der Waals surface area (Å²) >= 11 is 6.22. The first-order valence-corrected chi connectivity index (χ1v) is 8.77. The predicted octanol–water partition coefficient (Wildman–Crippen LogP) is 4.51. The Morgan fingerprint density at radius 2 is 1.89 bits per heavy atom. The molecule has 1 aliphatic rings. The van der Waals surface area contributed by atoms with Crippen LogP contribution in [-0.2, 0) is 0 Å². The number of aromatic nitrogens is 1. The summed E-state index contributed by atoms with van der Waals surface area (Å²) in [6, 6.07) is 8.48. The summed E-state index contributed by atoms with van der Waals surface area (Å²) in [5.41, 5.74) is 1.21. The number of carbonyl (C=O) groups is 1. The van der Waals surface area contributed by atoms with Gasteiger partial charge in [-0.25, -0.2) is 4.98 Å². The number of hydrogen-bond acceptors (Lipinski definition) is 6. The number of nitrogens with zero attached hydrogens (tertiary/aromatic N) is 1. The van der Waals surface area contributed by atoms with E-state index in [1.165, 1.54) is 7.11 Å². The lowest BCUT2D eigenvalue weighted by Crippen LogP contribution is -2.08. The van der Waals surface area contributed by atoms with Gasteiger partial charge in [0.25, 0.3) is 0 Å². The Morgan fingerprint density at radius 1 is 1.14 bits per heavy atom. The molecule has 0 saturated heterocycles. The lowest BCUT2D eigenvalue weighted by atomic mass is 9.97. The van der Waals surface area contributed by atoms with Gasteiger partial charge in [-0.05, 0) is 35.9 Å². The van der Waals surface area contributed by atoms with Crippen molar-refractivity contribution < 1.29 is 23.7 Å². The van der Waals surface area contributed by atoms with E-state index >= 15 is 0 Å². The molecule has 0 aliphatic carbocycles. The summed E-state index contributed by atoms with van der Waals surface area (Å²) in [6.45, 7) is 3.90. The molecular formula is C21H16ClNO5. The van der Waals surface area contributed by atoms with E-state index in [9.17, 15) is 4.79 Å². The quantitative estimate of drug-likeness (QED) is 0.466. The second kappa shape index (κ2) is 7.05. The van der Waals surface area contributed by atoms with E-state index in [0.29, 0.717) is 44.9 Å². The maximum atomic E-state index is 13.4. The van der Waals surface area contributed by atoms with Gasteiger partial charge in [-0.3, -0.25) is 4.79 Å². The molecule has 0 spiro atoms. The maximum absolute atomic E-state index is 13.4. The highest BCUT2D eigenvalue weighted by Gasteiger charge is 2.24. The van der Waals surface area contributed by atoms with Crippen LogP contribution < -0.4 is 18.9 Å². The molecule has 0 fully saturated rings. The van der Waals surface area contributed by atoms with Crippen LogP contribution in [0.4, 0.5) is 0 Å². The van der Waals surface area contributed by atoms with Crippen molar-refractivity contribution in [3.8, 4) is 23.0 Å². The molecule has 0 atom stereocenters. The van der Waals surface area contributed by atoms with Gasteiger partial charge in [-0.2, -0.15) is 0 Å². The van der Waals surface area contributed by atoms with Gasteiger partial charge in [-0.15, -0.1) is 0 Å². The van der Waals surface area contributed by atoms with Crippen LogP contribution in [0.15, 0.2) is 36.9 Å². The van der Waals surface area contributed by atoms with Gasteiger partial charge in [0.2, 0.25) is 12.6 Å². The molecule has 1 aromatic heterocycles. The van der Waals surface area contributed by atoms with Crippen molar-refractivity contribution in [1.82, 2.24) is 4.98 Å². The van der Waals surface area contributed by atoms with Crippen LogP contribution in [0.1, 0.15) is 21.6 Å². The number of fused-ring (bicyclic) bond motifs is 2. The predicted molar refractivity (Wildman–Crippen MR) is 106 cm³/mol. The van der Waals surface area contributed by atoms with E-state index in [-0.39, 0.29) is 23.4 Å². The van der Waals surface area contributed by atoms with Gasteiger partial charge in [0, 0.05) is 16.3 Å². The normalized spacial score (nSPS) is 12.1. The summed E-state index contributed by atoms with van der Waals surface area (Å²) in [5, 5.41) is 1.40. The lowest BCUT2D eigenvalue weighted by Gasteiger charge is -2.14. The van der Waals surface area contributed by atoms with Crippen LogP contribution in [0.5, 0.6) is 23.0 Å². The third-order valence-corrected chi connectivity index (χ3v) is 4.74. The SMILES string of the molecule is C=Cc1cc2c(cc1C(=O)c1nc(Cl)cc3c(OC)c(OC)ccc13)OCO2. The molecule has 28 heavy (non-hydrogen) atoms. The molecule has 0 saturated carbocycles. The minimum atomic E-state index is -0.312. The molecule has 0 N–H and O–H groups in total. The standard InChI is InChI=1S/C21H16ClNO5/c1-4-11-7-16-17(28-10-27-16)8-13(11)20(24)19-12-5-6-15(25-2)21(26-3)14(12)9-18(22)23-19/h4-9H,1,10H2,2-3H3. The third kappa shape index (κ3) is 2.82. The molecule has 7 heteroatoms. The highest BCUT2D eigenvalue weighted by molar-refractivity contribution is 6.31. The Hall–Kier alpha value is -3.25. The van der Waals surface area contributed by atoms with Crippen molar-refractivity contribution >= 4 is 34.2 Å². The van der Waals surface area contributed by atoms with Crippen LogP contribution >= 0.6 is 11.6 Å². The zero-order valence-electron chi connectivity index (χ0n) is 15.2. The fraction of sp³-hybridized carbons (Fsp3) is 0.143. The molecule has 0 bridgehead atoms. The van der Waals surface area contributed by atoms with E-state index in [4.69, 9.17) is 30.5 Å². The van der Waals surface area contributed by atoms with Crippen molar-refractivity contribution in [2.24, 2.45) is 0 Å². The summed E-state index contributed by atoms with van der Waals surface area (Å²) in [5.74, 6) is 1.77. The van der Waals surface area contributed by atoms with Gasteiger partial charge in [0.15, 0.2) is 23.0 Å². The summed E-state index contributed by atoms with van der Waals surface area (Å²) < 4.78 is 21.6. The summed E-state index contributed by atoms with van der Waals surface area (Å²) in [6.07, 6.45) is 1.59. The second-order valence-corrected chi connectivity index (χ2v) is 6.40. The first-order chi connectivity index (χ1) is 13.6. The Morgan fingerprint density at radius 3 is 2.57 bits per heavy atom. The van der Waals surface area contributed by atoms with Crippen molar-refractivity contribution in [3.05, 3.63) is 58.9 Å². The number of pyridine rings is 1. The van der Waals surface area contributed by atoms with E-state index in [1.54, 1.807) is 43.5 Å². The largest absolute Gasteiger partial charge is 0.493 e. The Kier molecular flexibility index (Phi) is 4.57. The van der Waals surface area contributed by atoms with E-state index in [1.807, 2.05) is 0 Å². The second-order valence-electron chi connectivity index (χ2n) is 6.02. The first kappa shape index (κ1) is 18.1. The number of hydrogen-bond donors (Lipinski definition) is 0. The van der Waals surface area contributed by atoms with Crippen LogP contribution in [0, 0.1) is 0 Å². The first-order valence-electron chi connectivity index (χ1n) is 8.39. The minimum Gasteiger partial charge on any atom is -0.493 e. The summed E-state index contributed by atoms with van der Waals surface area (Å²) in [7, 11) is 3.07. The Labute approximate surface area is 166 Å². The van der Waals surface area contributed by atoms with Gasteiger partial charge < -0.3 is 18.9 Å². The van der Waals surface area contributed by atoms with Gasteiger partial charge in [-0.1, -0.05) is 24.3 Å². The fourth-order valence-electron chi connectivity index (χ4n) is 3.24. The number of benzene rings is 2. The van der Waals surface area contributed by atoms with Gasteiger partial charge in [0.05, 0.1) is 14.2 Å². The molecule has 0 radical (unpaired) electrons. The molecule has 2 aromatic carbocycles. The van der Waals surface area contributed by atoms with E-state index < -0.39 is 0 Å². The topological polar surface area (TPSA) is 66.9 Å². The lowest BCUT2D eigenvalue weighted by molar-refractivity contribution is 0.103.